The molecule has 0 aromatic heterocycles. The number of hydrogen-bond acceptors (Lipinski definition) is 4. The summed E-state index contributed by atoms with van der Waals surface area (Å²) in [6.45, 7) is 7.25. The Morgan fingerprint density at radius 2 is 1.84 bits per heavy atom. The van der Waals surface area contributed by atoms with Crippen LogP contribution in [0.5, 0.6) is 0 Å². The van der Waals surface area contributed by atoms with E-state index in [0.717, 1.165) is 30.4 Å². The third kappa shape index (κ3) is 3.46. The number of carbonyl (C=O) groups excluding carboxylic acids is 1. The number of likely N-dealkylation sites (tertiary alicyclic amines) is 1. The minimum absolute atomic E-state index is 0.0240. The van der Waals surface area contributed by atoms with Gasteiger partial charge in [0.05, 0.1) is 23.8 Å². The van der Waals surface area contributed by atoms with Crippen molar-refractivity contribution in [1.82, 2.24) is 10.2 Å². The average Bonchev–Trinajstić information content (AvgIpc) is 3.63. The average molecular weight is 539 g/mol. The van der Waals surface area contributed by atoms with Crippen molar-refractivity contribution in [3.63, 3.8) is 0 Å². The van der Waals surface area contributed by atoms with Crippen LogP contribution < -0.4 is 5.32 Å². The molecule has 37 heavy (non-hydrogen) atoms. The second-order valence-electron chi connectivity index (χ2n) is 12.6. The summed E-state index contributed by atoms with van der Waals surface area (Å²) in [6.07, 6.45) is 2.66. The van der Waals surface area contributed by atoms with Crippen LogP contribution >= 0.6 is 23.2 Å². The van der Waals surface area contributed by atoms with E-state index in [4.69, 9.17) is 23.2 Å². The van der Waals surface area contributed by atoms with E-state index in [1.54, 1.807) is 0 Å². The summed E-state index contributed by atoms with van der Waals surface area (Å²) in [6, 6.07) is 17.3. The number of carbonyl (C=O) groups is 1. The lowest BCUT2D eigenvalue weighted by molar-refractivity contribution is -0.135. The zero-order valence-corrected chi connectivity index (χ0v) is 23.0. The number of nitrogens with zero attached hydrogens (tertiary/aromatic N) is 2. The van der Waals surface area contributed by atoms with Gasteiger partial charge in [-0.25, -0.2) is 0 Å². The van der Waals surface area contributed by atoms with E-state index in [-0.39, 0.29) is 17.2 Å². The maximum absolute atomic E-state index is 14.5. The van der Waals surface area contributed by atoms with Gasteiger partial charge in [0.25, 0.3) is 0 Å². The second-order valence-corrected chi connectivity index (χ2v) is 13.5. The molecule has 0 radical (unpaired) electrons. The molecule has 1 amide bonds. The lowest BCUT2D eigenvalue weighted by atomic mass is 9.62. The molecule has 2 unspecified atom stereocenters. The molecule has 2 aromatic carbocycles. The fourth-order valence-corrected chi connectivity index (χ4v) is 8.19. The molecule has 4 fully saturated rings. The van der Waals surface area contributed by atoms with E-state index in [1.165, 1.54) is 0 Å². The number of amides is 1. The zero-order valence-electron chi connectivity index (χ0n) is 21.5. The summed E-state index contributed by atoms with van der Waals surface area (Å²) in [5.41, 5.74) is -0.390. The first-order valence-corrected chi connectivity index (χ1v) is 14.0. The fraction of sp³-hybridized carbons (Fsp3) is 0.533. The molecule has 7 heteroatoms. The number of aliphatic hydroxyl groups is 1. The van der Waals surface area contributed by atoms with Gasteiger partial charge in [-0.3, -0.25) is 10.1 Å². The number of benzene rings is 2. The lowest BCUT2D eigenvalue weighted by Crippen LogP contribution is -2.51. The first-order chi connectivity index (χ1) is 17.5. The van der Waals surface area contributed by atoms with Gasteiger partial charge in [-0.15, -0.1) is 0 Å². The molecule has 2 spiro atoms. The van der Waals surface area contributed by atoms with Crippen LogP contribution in [0.3, 0.4) is 0 Å². The molecule has 4 aliphatic rings. The molecule has 194 valence electrons. The first-order valence-electron chi connectivity index (χ1n) is 13.2. The minimum atomic E-state index is -1.02. The van der Waals surface area contributed by atoms with Gasteiger partial charge < -0.3 is 10.0 Å². The molecule has 2 aromatic rings. The highest BCUT2D eigenvalue weighted by atomic mass is 35.5. The monoisotopic (exact) mass is 537 g/mol. The maximum Gasteiger partial charge on any atom is 0.240 e. The van der Waals surface area contributed by atoms with Crippen LogP contribution in [0.1, 0.15) is 63.5 Å². The molecule has 2 heterocycles. The molecule has 2 aliphatic carbocycles. The topological polar surface area (TPSA) is 76.4 Å². The van der Waals surface area contributed by atoms with Crippen LogP contribution in [0.4, 0.5) is 0 Å². The Balaban J connectivity index is 1.56. The molecular weight excluding hydrogens is 505 g/mol. The van der Waals surface area contributed by atoms with Gasteiger partial charge in [0, 0.05) is 34.5 Å². The predicted molar refractivity (Wildman–Crippen MR) is 144 cm³/mol. The van der Waals surface area contributed by atoms with Crippen molar-refractivity contribution in [3.05, 3.63) is 69.7 Å². The summed E-state index contributed by atoms with van der Waals surface area (Å²) in [7, 11) is 0. The number of rotatable bonds is 3. The van der Waals surface area contributed by atoms with Crippen molar-refractivity contribution >= 4 is 29.1 Å². The zero-order chi connectivity index (χ0) is 26.4. The SMILES string of the molecule is CC(C)(C)[C@@H]1CC12N[C@@H](C(=O)N1CCCC13C[C@@H]3O)[C@H](c1cccc(Cl)c1)[C@@]2(C#N)c1ccc(Cl)cc1. The van der Waals surface area contributed by atoms with Crippen LogP contribution in [-0.4, -0.2) is 45.7 Å². The van der Waals surface area contributed by atoms with Crippen LogP contribution in [0.2, 0.25) is 10.0 Å². The third-order valence-corrected chi connectivity index (χ3v) is 10.2. The Morgan fingerprint density at radius 1 is 1.14 bits per heavy atom. The molecule has 2 saturated carbocycles. The van der Waals surface area contributed by atoms with Crippen molar-refractivity contribution in [2.45, 2.75) is 81.0 Å². The molecule has 2 saturated heterocycles. The number of halogens is 2. The Morgan fingerprint density at radius 3 is 2.41 bits per heavy atom. The van der Waals surface area contributed by atoms with Crippen LogP contribution in [0, 0.1) is 22.7 Å². The van der Waals surface area contributed by atoms with Crippen molar-refractivity contribution < 1.29 is 9.90 Å². The van der Waals surface area contributed by atoms with Crippen LogP contribution in [0.15, 0.2) is 48.5 Å². The quantitative estimate of drug-likeness (QED) is 0.546. The van der Waals surface area contributed by atoms with Crippen LogP contribution in [-0.2, 0) is 10.2 Å². The number of aliphatic hydroxyl groups excluding tert-OH is 1. The van der Waals surface area contributed by atoms with Crippen molar-refractivity contribution in [2.75, 3.05) is 6.54 Å². The predicted octanol–water partition coefficient (Wildman–Crippen LogP) is 5.44. The van der Waals surface area contributed by atoms with Crippen LogP contribution in [0.25, 0.3) is 0 Å². The van der Waals surface area contributed by atoms with Crippen molar-refractivity contribution in [2.24, 2.45) is 11.3 Å². The Bertz CT molecular complexity index is 1300. The van der Waals surface area contributed by atoms with E-state index in [2.05, 4.69) is 32.2 Å². The van der Waals surface area contributed by atoms with Gasteiger partial charge in [0.1, 0.15) is 5.41 Å². The standard InChI is InChI=1S/C30H33Cl2N3O2/c1-27(2,3)22-15-30(22)29(17-33,19-8-10-20(31)11-9-19)24(18-6-4-7-21(32)14-18)25(34-30)26(37)35-13-5-12-28(35)16-23(28)36/h4,6-11,14,22-25,34,36H,5,12-13,15-16H2,1-3H3/t22-,23-,24-,25+,28?,29+,30?/m0/s1. The molecule has 2 N–H and O–H groups in total. The Kier molecular flexibility index (Phi) is 5.58. The summed E-state index contributed by atoms with van der Waals surface area (Å²) >= 11 is 12.8. The minimum Gasteiger partial charge on any atom is -0.391 e. The van der Waals surface area contributed by atoms with Gasteiger partial charge in [-0.2, -0.15) is 5.26 Å². The Labute approximate surface area is 228 Å². The van der Waals surface area contributed by atoms with Gasteiger partial charge in [-0.1, -0.05) is 68.2 Å². The molecule has 6 rings (SSSR count). The maximum atomic E-state index is 14.5. The number of nitrogens with one attached hydrogen (secondary N) is 1. The van der Waals surface area contributed by atoms with Gasteiger partial charge in [0.15, 0.2) is 0 Å². The molecular formula is C30H33Cl2N3O2. The number of nitriles is 1. The summed E-state index contributed by atoms with van der Waals surface area (Å²) in [5, 5.41) is 26.7. The van der Waals surface area contributed by atoms with E-state index >= 15 is 0 Å². The number of hydrogen-bond donors (Lipinski definition) is 2. The van der Waals surface area contributed by atoms with E-state index in [9.17, 15) is 15.2 Å². The van der Waals surface area contributed by atoms with E-state index in [1.807, 2.05) is 53.4 Å². The molecule has 7 atom stereocenters. The van der Waals surface area contributed by atoms with E-state index in [0.29, 0.717) is 23.0 Å². The van der Waals surface area contributed by atoms with Gasteiger partial charge in [-0.05, 0) is 66.0 Å². The molecule has 0 bridgehead atoms. The van der Waals surface area contributed by atoms with Crippen molar-refractivity contribution in [3.8, 4) is 6.07 Å². The largest absolute Gasteiger partial charge is 0.391 e. The summed E-state index contributed by atoms with van der Waals surface area (Å²) < 4.78 is 0. The molecule has 2 aliphatic heterocycles. The lowest BCUT2D eigenvalue weighted by Gasteiger charge is -2.38. The fourth-order valence-electron chi connectivity index (χ4n) is 7.87. The third-order valence-electron chi connectivity index (χ3n) is 9.67. The van der Waals surface area contributed by atoms with E-state index < -0.39 is 34.6 Å². The highest BCUT2D eigenvalue weighted by Gasteiger charge is 2.79. The Hall–Kier alpha value is -2.10. The second kappa shape index (κ2) is 8.20. The van der Waals surface area contributed by atoms with Gasteiger partial charge >= 0.3 is 0 Å². The van der Waals surface area contributed by atoms with Crippen molar-refractivity contribution in [1.29, 1.82) is 5.26 Å². The highest BCUT2D eigenvalue weighted by molar-refractivity contribution is 6.30. The summed E-state index contributed by atoms with van der Waals surface area (Å²) in [5.74, 6) is -0.302. The first kappa shape index (κ1) is 25.2. The highest BCUT2D eigenvalue weighted by Crippen LogP contribution is 2.70. The van der Waals surface area contributed by atoms with Gasteiger partial charge in [0.2, 0.25) is 5.91 Å². The molecule has 5 nitrogen and oxygen atoms in total. The smallest absolute Gasteiger partial charge is 0.240 e. The normalized spacial score (nSPS) is 38.2. The summed E-state index contributed by atoms with van der Waals surface area (Å²) in [4.78, 5) is 16.4.